The molecule has 3 rings (SSSR count). The van der Waals surface area contributed by atoms with Gasteiger partial charge >= 0.3 is 0 Å². The van der Waals surface area contributed by atoms with E-state index in [0.29, 0.717) is 24.6 Å². The SMILES string of the molecule is CCOCc1cccc(NC(=O)c2ccn(-c3ccccc3F)n2)c1. The van der Waals surface area contributed by atoms with Gasteiger partial charge in [0.1, 0.15) is 11.5 Å². The van der Waals surface area contributed by atoms with E-state index in [-0.39, 0.29) is 11.6 Å². The molecule has 0 atom stereocenters. The minimum absolute atomic E-state index is 0.207. The van der Waals surface area contributed by atoms with Crippen LogP contribution in [0.4, 0.5) is 10.1 Å². The molecule has 0 aliphatic heterocycles. The van der Waals surface area contributed by atoms with Gasteiger partial charge in [-0.1, -0.05) is 24.3 Å². The third-order valence-corrected chi connectivity index (χ3v) is 3.58. The van der Waals surface area contributed by atoms with Crippen molar-refractivity contribution in [2.75, 3.05) is 11.9 Å². The second-order valence-corrected chi connectivity index (χ2v) is 5.39. The lowest BCUT2D eigenvalue weighted by Gasteiger charge is -2.07. The first-order valence-electron chi connectivity index (χ1n) is 7.96. The normalized spacial score (nSPS) is 10.6. The lowest BCUT2D eigenvalue weighted by Crippen LogP contribution is -2.13. The van der Waals surface area contributed by atoms with E-state index in [1.54, 1.807) is 36.5 Å². The maximum Gasteiger partial charge on any atom is 0.276 e. The minimum Gasteiger partial charge on any atom is -0.377 e. The van der Waals surface area contributed by atoms with Crippen molar-refractivity contribution < 1.29 is 13.9 Å². The van der Waals surface area contributed by atoms with Gasteiger partial charge in [-0.25, -0.2) is 9.07 Å². The van der Waals surface area contributed by atoms with Crippen molar-refractivity contribution in [2.24, 2.45) is 0 Å². The lowest BCUT2D eigenvalue weighted by molar-refractivity contribution is 0.102. The van der Waals surface area contributed by atoms with Gasteiger partial charge in [-0.2, -0.15) is 5.10 Å². The summed E-state index contributed by atoms with van der Waals surface area (Å²) in [6.07, 6.45) is 1.55. The number of amides is 1. The first kappa shape index (κ1) is 16.9. The van der Waals surface area contributed by atoms with Crippen molar-refractivity contribution in [1.82, 2.24) is 9.78 Å². The number of ether oxygens (including phenoxy) is 1. The van der Waals surface area contributed by atoms with Crippen LogP contribution in [-0.2, 0) is 11.3 Å². The number of anilines is 1. The third-order valence-electron chi connectivity index (χ3n) is 3.58. The van der Waals surface area contributed by atoms with Crippen molar-refractivity contribution >= 4 is 11.6 Å². The highest BCUT2D eigenvalue weighted by Gasteiger charge is 2.12. The van der Waals surface area contributed by atoms with Crippen molar-refractivity contribution in [2.45, 2.75) is 13.5 Å². The van der Waals surface area contributed by atoms with E-state index >= 15 is 0 Å². The number of halogens is 1. The quantitative estimate of drug-likeness (QED) is 0.743. The minimum atomic E-state index is -0.402. The number of rotatable bonds is 6. The van der Waals surface area contributed by atoms with E-state index < -0.39 is 5.82 Å². The number of carbonyl (C=O) groups is 1. The predicted molar refractivity (Wildman–Crippen MR) is 93.2 cm³/mol. The Hall–Kier alpha value is -2.99. The zero-order chi connectivity index (χ0) is 17.6. The number of benzene rings is 2. The van der Waals surface area contributed by atoms with Crippen molar-refractivity contribution in [3.05, 3.63) is 77.9 Å². The number of hydrogen-bond acceptors (Lipinski definition) is 3. The molecule has 2 aromatic carbocycles. The van der Waals surface area contributed by atoms with Gasteiger partial charge in [0.25, 0.3) is 5.91 Å². The largest absolute Gasteiger partial charge is 0.377 e. The highest BCUT2D eigenvalue weighted by molar-refractivity contribution is 6.02. The van der Waals surface area contributed by atoms with E-state index in [0.717, 1.165) is 5.56 Å². The molecule has 0 saturated heterocycles. The topological polar surface area (TPSA) is 56.1 Å². The zero-order valence-corrected chi connectivity index (χ0v) is 13.8. The first-order chi connectivity index (χ1) is 12.2. The Morgan fingerprint density at radius 3 is 2.84 bits per heavy atom. The average molecular weight is 339 g/mol. The Morgan fingerprint density at radius 1 is 1.20 bits per heavy atom. The standard InChI is InChI=1S/C19H18FN3O2/c1-2-25-13-14-6-5-7-15(12-14)21-19(24)17-10-11-23(22-17)18-9-4-3-8-16(18)20/h3-12H,2,13H2,1H3,(H,21,24). The predicted octanol–water partition coefficient (Wildman–Crippen LogP) is 3.80. The molecule has 1 N–H and O–H groups in total. The molecule has 0 bridgehead atoms. The molecular formula is C19H18FN3O2. The van der Waals surface area contributed by atoms with Crippen LogP contribution in [0, 0.1) is 5.82 Å². The molecule has 25 heavy (non-hydrogen) atoms. The molecule has 6 heteroatoms. The average Bonchev–Trinajstić information content (AvgIpc) is 3.11. The molecular weight excluding hydrogens is 321 g/mol. The number of carbonyl (C=O) groups excluding carboxylic acids is 1. The smallest absolute Gasteiger partial charge is 0.276 e. The Morgan fingerprint density at radius 2 is 2.04 bits per heavy atom. The van der Waals surface area contributed by atoms with E-state index in [1.807, 2.05) is 25.1 Å². The van der Waals surface area contributed by atoms with Gasteiger partial charge < -0.3 is 10.1 Å². The summed E-state index contributed by atoms with van der Waals surface area (Å²) in [6, 6.07) is 15.2. The summed E-state index contributed by atoms with van der Waals surface area (Å²) in [7, 11) is 0. The van der Waals surface area contributed by atoms with Crippen LogP contribution in [0.25, 0.3) is 5.69 Å². The maximum atomic E-state index is 13.8. The van der Waals surface area contributed by atoms with Crippen LogP contribution in [0.3, 0.4) is 0 Å². The molecule has 0 fully saturated rings. The van der Waals surface area contributed by atoms with Crippen LogP contribution in [-0.4, -0.2) is 22.3 Å². The van der Waals surface area contributed by atoms with E-state index in [9.17, 15) is 9.18 Å². The summed E-state index contributed by atoms with van der Waals surface area (Å²) < 4.78 is 20.5. The molecule has 0 spiro atoms. The monoisotopic (exact) mass is 339 g/mol. The fourth-order valence-electron chi connectivity index (χ4n) is 2.37. The van der Waals surface area contributed by atoms with Crippen molar-refractivity contribution in [3.63, 3.8) is 0 Å². The van der Waals surface area contributed by atoms with Crippen LogP contribution >= 0.6 is 0 Å². The Balaban J connectivity index is 1.73. The van der Waals surface area contributed by atoms with Gasteiger partial charge in [0.2, 0.25) is 0 Å². The van der Waals surface area contributed by atoms with E-state index in [4.69, 9.17) is 4.74 Å². The summed E-state index contributed by atoms with van der Waals surface area (Å²) in [5.74, 6) is -0.759. The number of hydrogen-bond donors (Lipinski definition) is 1. The number of aromatic nitrogens is 2. The molecule has 0 aliphatic carbocycles. The maximum absolute atomic E-state index is 13.8. The summed E-state index contributed by atoms with van der Waals surface area (Å²) in [4.78, 5) is 12.4. The molecule has 0 unspecified atom stereocenters. The van der Waals surface area contributed by atoms with Gasteiger partial charge in [0.15, 0.2) is 5.69 Å². The van der Waals surface area contributed by atoms with Crippen molar-refractivity contribution in [1.29, 1.82) is 0 Å². The van der Waals surface area contributed by atoms with Crippen LogP contribution in [0.5, 0.6) is 0 Å². The molecule has 0 saturated carbocycles. The summed E-state index contributed by atoms with van der Waals surface area (Å²) in [5, 5.41) is 6.94. The van der Waals surface area contributed by atoms with E-state index in [2.05, 4.69) is 10.4 Å². The third kappa shape index (κ3) is 4.10. The number of nitrogens with one attached hydrogen (secondary N) is 1. The second-order valence-electron chi connectivity index (χ2n) is 5.39. The Bertz CT molecular complexity index is 876. The molecule has 1 heterocycles. The fraction of sp³-hybridized carbons (Fsp3) is 0.158. The molecule has 5 nitrogen and oxygen atoms in total. The van der Waals surface area contributed by atoms with Gasteiger partial charge in [0, 0.05) is 18.5 Å². The molecule has 1 amide bonds. The first-order valence-corrected chi connectivity index (χ1v) is 7.96. The Labute approximate surface area is 145 Å². The highest BCUT2D eigenvalue weighted by Crippen LogP contribution is 2.15. The summed E-state index contributed by atoms with van der Waals surface area (Å²) in [5.41, 5.74) is 2.12. The fourth-order valence-corrected chi connectivity index (χ4v) is 2.37. The lowest BCUT2D eigenvalue weighted by atomic mass is 10.2. The van der Waals surface area contributed by atoms with Gasteiger partial charge in [-0.15, -0.1) is 0 Å². The van der Waals surface area contributed by atoms with E-state index in [1.165, 1.54) is 10.7 Å². The summed E-state index contributed by atoms with van der Waals surface area (Å²) >= 11 is 0. The number of nitrogens with zero attached hydrogens (tertiary/aromatic N) is 2. The van der Waals surface area contributed by atoms with Crippen LogP contribution in [0.15, 0.2) is 60.8 Å². The van der Waals surface area contributed by atoms with Gasteiger partial charge in [-0.05, 0) is 42.8 Å². The van der Waals surface area contributed by atoms with Gasteiger partial charge in [0.05, 0.1) is 6.61 Å². The zero-order valence-electron chi connectivity index (χ0n) is 13.8. The molecule has 1 aromatic heterocycles. The van der Waals surface area contributed by atoms with Crippen LogP contribution < -0.4 is 5.32 Å². The molecule has 3 aromatic rings. The van der Waals surface area contributed by atoms with Crippen molar-refractivity contribution in [3.8, 4) is 5.69 Å². The van der Waals surface area contributed by atoms with Crippen LogP contribution in [0.1, 0.15) is 23.0 Å². The molecule has 0 aliphatic rings. The molecule has 128 valence electrons. The van der Waals surface area contributed by atoms with Gasteiger partial charge in [-0.3, -0.25) is 4.79 Å². The number of para-hydroxylation sites is 1. The van der Waals surface area contributed by atoms with Crippen LogP contribution in [0.2, 0.25) is 0 Å². The molecule has 0 radical (unpaired) electrons. The highest BCUT2D eigenvalue weighted by atomic mass is 19.1. The summed E-state index contributed by atoms with van der Waals surface area (Å²) in [6.45, 7) is 3.05. The second kappa shape index (κ2) is 7.72. The Kier molecular flexibility index (Phi) is 5.20.